The van der Waals surface area contributed by atoms with Gasteiger partial charge in [-0.1, -0.05) is 6.07 Å². The minimum absolute atomic E-state index is 0.00106. The predicted molar refractivity (Wildman–Crippen MR) is 94.2 cm³/mol. The van der Waals surface area contributed by atoms with E-state index in [1.165, 1.54) is 13.0 Å². The average molecular weight is 330 g/mol. The lowest BCUT2D eigenvalue weighted by atomic mass is 10.1. The molecule has 1 heterocycles. The summed E-state index contributed by atoms with van der Waals surface area (Å²) in [5.41, 5.74) is 1.33. The van der Waals surface area contributed by atoms with Gasteiger partial charge in [0.05, 0.1) is 0 Å². The third-order valence-corrected chi connectivity index (χ3v) is 3.77. The van der Waals surface area contributed by atoms with Gasteiger partial charge in [0.25, 0.3) is 0 Å². The molecule has 0 aliphatic carbocycles. The third kappa shape index (κ3) is 4.91. The van der Waals surface area contributed by atoms with Crippen molar-refractivity contribution in [1.82, 2.24) is 5.32 Å². The number of carbonyl (C=O) groups excluding carboxylic acids is 2. The van der Waals surface area contributed by atoms with Gasteiger partial charge in [0, 0.05) is 22.2 Å². The van der Waals surface area contributed by atoms with Crippen LogP contribution in [0.15, 0.2) is 47.9 Å². The van der Waals surface area contributed by atoms with Gasteiger partial charge >= 0.3 is 0 Å². The van der Waals surface area contributed by atoms with Crippen LogP contribution in [0.4, 0.5) is 5.69 Å². The normalized spacial score (nSPS) is 10.4. The Morgan fingerprint density at radius 1 is 1.18 bits per heavy atom. The molecule has 4 nitrogen and oxygen atoms in total. The maximum Gasteiger partial charge on any atom is 0.250 e. The van der Waals surface area contributed by atoms with Crippen molar-refractivity contribution in [3.05, 3.63) is 58.3 Å². The number of benzene rings is 1. The number of hydrogen-bond donors (Lipinski definition) is 2. The van der Waals surface area contributed by atoms with Crippen molar-refractivity contribution in [3.8, 4) is 0 Å². The lowest BCUT2D eigenvalue weighted by Crippen LogP contribution is -2.32. The molecule has 0 atom stereocenters. The molecule has 22 heavy (non-hydrogen) atoms. The molecule has 1 amide bonds. The van der Waals surface area contributed by atoms with Crippen molar-refractivity contribution < 1.29 is 9.59 Å². The van der Waals surface area contributed by atoms with E-state index in [0.717, 1.165) is 4.88 Å². The summed E-state index contributed by atoms with van der Waals surface area (Å²) >= 11 is 6.62. The number of thiocarbonyl (C=S) groups is 1. The number of ketones is 1. The average Bonchev–Trinajstić information content (AvgIpc) is 2.99. The maximum atomic E-state index is 11.7. The van der Waals surface area contributed by atoms with E-state index in [0.29, 0.717) is 11.3 Å². The predicted octanol–water partition coefficient (Wildman–Crippen LogP) is 3.48. The summed E-state index contributed by atoms with van der Waals surface area (Å²) in [6.07, 6.45) is 3.16. The Morgan fingerprint density at radius 2 is 1.91 bits per heavy atom. The largest absolute Gasteiger partial charge is 0.332 e. The number of anilines is 1. The summed E-state index contributed by atoms with van der Waals surface area (Å²) in [5, 5.41) is 7.59. The van der Waals surface area contributed by atoms with Crippen LogP contribution in [-0.4, -0.2) is 16.8 Å². The van der Waals surface area contributed by atoms with Gasteiger partial charge in [0.15, 0.2) is 10.9 Å². The monoisotopic (exact) mass is 330 g/mol. The minimum atomic E-state index is -0.300. The van der Waals surface area contributed by atoms with Crippen molar-refractivity contribution in [2.45, 2.75) is 6.92 Å². The van der Waals surface area contributed by atoms with E-state index >= 15 is 0 Å². The van der Waals surface area contributed by atoms with E-state index in [2.05, 4.69) is 10.6 Å². The molecule has 0 fully saturated rings. The van der Waals surface area contributed by atoms with Gasteiger partial charge in [0.1, 0.15) is 0 Å². The summed E-state index contributed by atoms with van der Waals surface area (Å²) in [6.45, 7) is 1.51. The highest BCUT2D eigenvalue weighted by atomic mass is 32.1. The zero-order valence-corrected chi connectivity index (χ0v) is 13.5. The molecule has 2 aromatic rings. The van der Waals surface area contributed by atoms with Gasteiger partial charge in [-0.15, -0.1) is 11.3 Å². The van der Waals surface area contributed by atoms with E-state index in [1.807, 2.05) is 17.5 Å². The summed E-state index contributed by atoms with van der Waals surface area (Å²) in [7, 11) is 0. The highest BCUT2D eigenvalue weighted by Gasteiger charge is 2.03. The highest BCUT2D eigenvalue weighted by Crippen LogP contribution is 2.11. The second kappa shape index (κ2) is 7.63. The molecule has 2 rings (SSSR count). The Hall–Kier alpha value is -2.31. The van der Waals surface area contributed by atoms with Gasteiger partial charge in [-0.2, -0.15) is 0 Å². The molecule has 0 aliphatic heterocycles. The first-order valence-corrected chi connectivity index (χ1v) is 7.78. The quantitative estimate of drug-likeness (QED) is 0.512. The number of nitrogens with one attached hydrogen (secondary N) is 2. The lowest BCUT2D eigenvalue weighted by molar-refractivity contribution is -0.115. The van der Waals surface area contributed by atoms with Crippen LogP contribution in [0.25, 0.3) is 6.08 Å². The Kier molecular flexibility index (Phi) is 5.57. The second-order valence-electron chi connectivity index (χ2n) is 4.43. The number of amides is 1. The molecular formula is C16H14N2O2S2. The van der Waals surface area contributed by atoms with E-state index < -0.39 is 0 Å². The third-order valence-electron chi connectivity index (χ3n) is 2.73. The summed E-state index contributed by atoms with van der Waals surface area (Å²) in [6, 6.07) is 10.7. The SMILES string of the molecule is CC(=O)c1ccc(NC(=S)NC(=O)/C=C/c2cccs2)cc1. The van der Waals surface area contributed by atoms with Crippen molar-refractivity contribution in [2.75, 3.05) is 5.32 Å². The molecule has 0 bridgehead atoms. The van der Waals surface area contributed by atoms with Crippen molar-refractivity contribution >= 4 is 52.1 Å². The fraction of sp³-hybridized carbons (Fsp3) is 0.0625. The lowest BCUT2D eigenvalue weighted by Gasteiger charge is -2.08. The topological polar surface area (TPSA) is 58.2 Å². The minimum Gasteiger partial charge on any atom is -0.332 e. The fourth-order valence-corrected chi connectivity index (χ4v) is 2.48. The van der Waals surface area contributed by atoms with Crippen LogP contribution < -0.4 is 10.6 Å². The van der Waals surface area contributed by atoms with Crippen LogP contribution in [-0.2, 0) is 4.79 Å². The Balaban J connectivity index is 1.87. The molecule has 0 aliphatic rings. The standard InChI is InChI=1S/C16H14N2O2S2/c1-11(19)12-4-6-13(7-5-12)17-16(21)18-15(20)9-8-14-3-2-10-22-14/h2-10H,1H3,(H2,17,18,20,21)/b9-8+. The molecule has 1 aromatic heterocycles. The molecular weight excluding hydrogens is 316 g/mol. The Labute approximate surface area is 137 Å². The first-order valence-electron chi connectivity index (χ1n) is 6.49. The highest BCUT2D eigenvalue weighted by molar-refractivity contribution is 7.80. The van der Waals surface area contributed by atoms with E-state index in [9.17, 15) is 9.59 Å². The first-order chi connectivity index (χ1) is 10.5. The molecule has 0 unspecified atom stereocenters. The fourth-order valence-electron chi connectivity index (χ4n) is 1.65. The van der Waals surface area contributed by atoms with Crippen molar-refractivity contribution in [3.63, 3.8) is 0 Å². The van der Waals surface area contributed by atoms with Crippen molar-refractivity contribution in [1.29, 1.82) is 0 Å². The molecule has 0 saturated carbocycles. The smallest absolute Gasteiger partial charge is 0.250 e. The van der Waals surface area contributed by atoms with Gasteiger partial charge in [0.2, 0.25) is 5.91 Å². The number of hydrogen-bond acceptors (Lipinski definition) is 4. The number of thiophene rings is 1. The van der Waals surface area contributed by atoms with Gasteiger partial charge in [-0.3, -0.25) is 14.9 Å². The molecule has 0 spiro atoms. The van der Waals surface area contributed by atoms with Crippen LogP contribution in [0.5, 0.6) is 0 Å². The van der Waals surface area contributed by atoms with E-state index in [-0.39, 0.29) is 16.8 Å². The molecule has 0 saturated heterocycles. The molecule has 112 valence electrons. The zero-order chi connectivity index (χ0) is 15.9. The van der Waals surface area contributed by atoms with Crippen LogP contribution in [0.2, 0.25) is 0 Å². The summed E-state index contributed by atoms with van der Waals surface area (Å²) in [4.78, 5) is 23.9. The molecule has 6 heteroatoms. The molecule has 2 N–H and O–H groups in total. The van der Waals surface area contributed by atoms with E-state index in [1.54, 1.807) is 41.7 Å². The summed E-state index contributed by atoms with van der Waals surface area (Å²) < 4.78 is 0. The van der Waals surface area contributed by atoms with Crippen LogP contribution in [0, 0.1) is 0 Å². The number of carbonyl (C=O) groups is 2. The van der Waals surface area contributed by atoms with Crippen LogP contribution >= 0.6 is 23.6 Å². The zero-order valence-electron chi connectivity index (χ0n) is 11.8. The van der Waals surface area contributed by atoms with Crippen LogP contribution in [0.1, 0.15) is 22.2 Å². The second-order valence-corrected chi connectivity index (χ2v) is 5.81. The van der Waals surface area contributed by atoms with Gasteiger partial charge < -0.3 is 5.32 Å². The maximum absolute atomic E-state index is 11.7. The van der Waals surface area contributed by atoms with Crippen molar-refractivity contribution in [2.24, 2.45) is 0 Å². The summed E-state index contributed by atoms with van der Waals surface area (Å²) in [5.74, 6) is -0.299. The van der Waals surface area contributed by atoms with Crippen LogP contribution in [0.3, 0.4) is 0 Å². The first kappa shape index (κ1) is 16.1. The Bertz CT molecular complexity index is 704. The van der Waals surface area contributed by atoms with Gasteiger partial charge in [-0.25, -0.2) is 0 Å². The molecule has 1 aromatic carbocycles. The molecule has 0 radical (unpaired) electrons. The Morgan fingerprint density at radius 3 is 2.50 bits per heavy atom. The van der Waals surface area contributed by atoms with E-state index in [4.69, 9.17) is 12.2 Å². The van der Waals surface area contributed by atoms with Gasteiger partial charge in [-0.05, 0) is 60.9 Å². The number of rotatable bonds is 4. The number of Topliss-reactive ketones (excluding diaryl/α,β-unsaturated/α-hetero) is 1.